The molecular formula is C9H15Li. The van der Waals surface area contributed by atoms with Crippen LogP contribution in [0.4, 0.5) is 0 Å². The molecule has 0 heterocycles. The van der Waals surface area contributed by atoms with Gasteiger partial charge in [0.25, 0.3) is 0 Å². The van der Waals surface area contributed by atoms with Gasteiger partial charge in [0.2, 0.25) is 0 Å². The molecule has 1 heteroatoms. The maximum Gasteiger partial charge on any atom is 1.00 e. The Hall–Kier alpha value is 0.597. The molecule has 2 aliphatic rings. The molecule has 52 valence electrons. The van der Waals surface area contributed by atoms with Gasteiger partial charge < -0.3 is 5.92 Å². The van der Waals surface area contributed by atoms with E-state index >= 15 is 0 Å². The molecule has 0 aliphatic heterocycles. The summed E-state index contributed by atoms with van der Waals surface area (Å²) in [5.74, 6) is 3.96. The normalized spacial score (nSPS) is 39.3. The van der Waals surface area contributed by atoms with Crippen LogP contribution in [0, 0.1) is 17.8 Å². The zero-order valence-corrected chi connectivity index (χ0v) is 7.19. The molecule has 0 nitrogen and oxygen atoms in total. The largest absolute Gasteiger partial charge is 1.00 e. The summed E-state index contributed by atoms with van der Waals surface area (Å²) in [5.41, 5.74) is 0. The van der Waals surface area contributed by atoms with E-state index in [0.29, 0.717) is 0 Å². The Bertz CT molecular complexity index is 111. The van der Waals surface area contributed by atoms with Crippen LogP contribution in [-0.4, -0.2) is 0 Å². The molecule has 2 saturated carbocycles. The van der Waals surface area contributed by atoms with E-state index in [1.165, 1.54) is 32.1 Å². The summed E-state index contributed by atoms with van der Waals surface area (Å²) < 4.78 is 0. The van der Waals surface area contributed by atoms with Gasteiger partial charge in [-0.15, -0.1) is 0 Å². The molecule has 0 radical (unpaired) electrons. The van der Waals surface area contributed by atoms with Crippen molar-refractivity contribution in [1.82, 2.24) is 0 Å². The first kappa shape index (κ1) is 8.69. The average Bonchev–Trinajstić information content (AvgIpc) is 2.25. The molecule has 2 aliphatic carbocycles. The summed E-state index contributed by atoms with van der Waals surface area (Å²) in [7, 11) is 0. The van der Waals surface area contributed by atoms with E-state index in [-0.39, 0.29) is 18.9 Å². The van der Waals surface area contributed by atoms with Gasteiger partial charge in [0.1, 0.15) is 0 Å². The molecule has 10 heavy (non-hydrogen) atoms. The van der Waals surface area contributed by atoms with E-state index in [4.69, 9.17) is 0 Å². The molecule has 0 N–H and O–H groups in total. The third-order valence-electron chi connectivity index (χ3n) is 3.13. The minimum Gasteiger partial charge on any atom is -0.311 e. The summed E-state index contributed by atoms with van der Waals surface area (Å²) in [6.45, 7) is 2.40. The first-order valence-corrected chi connectivity index (χ1v) is 4.21. The van der Waals surface area contributed by atoms with E-state index < -0.39 is 0 Å². The van der Waals surface area contributed by atoms with Crippen LogP contribution in [0.2, 0.25) is 0 Å². The molecule has 0 aromatic rings. The molecule has 0 saturated heterocycles. The summed E-state index contributed by atoms with van der Waals surface area (Å²) in [4.78, 5) is 0. The monoisotopic (exact) mass is 130 g/mol. The average molecular weight is 130 g/mol. The summed E-state index contributed by atoms with van der Waals surface area (Å²) in [6, 6.07) is 0. The number of fused-ring (bicyclic) bond motifs is 2. The topological polar surface area (TPSA) is 0 Å². The van der Waals surface area contributed by atoms with Crippen molar-refractivity contribution in [2.24, 2.45) is 11.8 Å². The first-order chi connectivity index (χ1) is 4.36. The number of rotatable bonds is 0. The number of hydrogen-bond acceptors (Lipinski definition) is 0. The van der Waals surface area contributed by atoms with Crippen molar-refractivity contribution >= 4 is 0 Å². The van der Waals surface area contributed by atoms with Crippen LogP contribution in [0.5, 0.6) is 0 Å². The Balaban J connectivity index is 0.000000500. The van der Waals surface area contributed by atoms with Crippen molar-refractivity contribution in [3.05, 3.63) is 5.92 Å². The molecule has 2 bridgehead atoms. The van der Waals surface area contributed by atoms with Crippen LogP contribution >= 0.6 is 0 Å². The molecule has 0 spiro atoms. The Morgan fingerprint density at radius 1 is 1.20 bits per heavy atom. The van der Waals surface area contributed by atoms with Crippen molar-refractivity contribution in [3.8, 4) is 0 Å². The minimum atomic E-state index is 0. The maximum atomic E-state index is 2.40. The van der Waals surface area contributed by atoms with Crippen molar-refractivity contribution in [2.45, 2.75) is 39.0 Å². The Labute approximate surface area is 75.9 Å². The van der Waals surface area contributed by atoms with Gasteiger partial charge in [0.05, 0.1) is 0 Å². The van der Waals surface area contributed by atoms with Gasteiger partial charge in [-0.3, -0.25) is 0 Å². The Kier molecular flexibility index (Phi) is 2.89. The zero-order chi connectivity index (χ0) is 6.27. The molecule has 2 atom stereocenters. The summed E-state index contributed by atoms with van der Waals surface area (Å²) >= 11 is 0. The molecule has 2 unspecified atom stereocenters. The number of hydrogen-bond donors (Lipinski definition) is 0. The summed E-state index contributed by atoms with van der Waals surface area (Å²) in [5, 5.41) is 0. The fourth-order valence-corrected chi connectivity index (χ4v) is 2.35. The third kappa shape index (κ3) is 1.43. The SMILES string of the molecule is CC1CCC2CC[C-]1C2.[Li+]. The van der Waals surface area contributed by atoms with Crippen molar-refractivity contribution in [3.63, 3.8) is 0 Å². The van der Waals surface area contributed by atoms with Crippen LogP contribution < -0.4 is 18.9 Å². The smallest absolute Gasteiger partial charge is 0.311 e. The van der Waals surface area contributed by atoms with Gasteiger partial charge in [-0.1, -0.05) is 32.1 Å². The first-order valence-electron chi connectivity index (χ1n) is 4.21. The van der Waals surface area contributed by atoms with E-state index in [1.807, 2.05) is 5.92 Å². The quantitative estimate of drug-likeness (QED) is 0.314. The van der Waals surface area contributed by atoms with Crippen LogP contribution in [0.15, 0.2) is 0 Å². The minimum absolute atomic E-state index is 0. The van der Waals surface area contributed by atoms with Gasteiger partial charge in [-0.25, -0.2) is 0 Å². The predicted octanol–water partition coefficient (Wildman–Crippen LogP) is -0.205. The molecule has 2 fully saturated rings. The maximum absolute atomic E-state index is 2.40. The standard InChI is InChI=1S/C9H15.Li/c1-7-2-3-8-4-5-9(7)6-8;/h7-8H,2-6H2,1H3;/q-1;+1. The van der Waals surface area contributed by atoms with Crippen molar-refractivity contribution < 1.29 is 18.9 Å². The van der Waals surface area contributed by atoms with Crippen LogP contribution in [0.3, 0.4) is 0 Å². The van der Waals surface area contributed by atoms with E-state index in [2.05, 4.69) is 6.92 Å². The molecular weight excluding hydrogens is 115 g/mol. The molecule has 0 amide bonds. The third-order valence-corrected chi connectivity index (χ3v) is 3.13. The van der Waals surface area contributed by atoms with Gasteiger partial charge >= 0.3 is 18.9 Å². The van der Waals surface area contributed by atoms with E-state index in [1.54, 1.807) is 0 Å². The second kappa shape index (κ2) is 3.33. The fraction of sp³-hybridized carbons (Fsp3) is 0.889. The van der Waals surface area contributed by atoms with Crippen LogP contribution in [0.25, 0.3) is 0 Å². The van der Waals surface area contributed by atoms with Gasteiger partial charge in [-0.2, -0.15) is 18.8 Å². The van der Waals surface area contributed by atoms with Gasteiger partial charge in [-0.05, 0) is 0 Å². The molecule has 0 aromatic heterocycles. The Morgan fingerprint density at radius 3 is 2.70 bits per heavy atom. The predicted molar refractivity (Wildman–Crippen MR) is 39.0 cm³/mol. The summed E-state index contributed by atoms with van der Waals surface area (Å²) in [6.07, 6.45) is 7.47. The van der Waals surface area contributed by atoms with Crippen molar-refractivity contribution in [1.29, 1.82) is 0 Å². The second-order valence-corrected chi connectivity index (χ2v) is 3.75. The van der Waals surface area contributed by atoms with Gasteiger partial charge in [0.15, 0.2) is 0 Å². The molecule has 2 rings (SSSR count). The molecule has 0 aromatic carbocycles. The van der Waals surface area contributed by atoms with Crippen molar-refractivity contribution in [2.75, 3.05) is 0 Å². The van der Waals surface area contributed by atoms with E-state index in [0.717, 1.165) is 11.8 Å². The van der Waals surface area contributed by atoms with Crippen LogP contribution in [0.1, 0.15) is 39.0 Å². The van der Waals surface area contributed by atoms with Gasteiger partial charge in [0, 0.05) is 0 Å². The zero-order valence-electron chi connectivity index (χ0n) is 7.19. The van der Waals surface area contributed by atoms with E-state index in [9.17, 15) is 0 Å². The Morgan fingerprint density at radius 2 is 2.00 bits per heavy atom. The fourth-order valence-electron chi connectivity index (χ4n) is 2.35. The second-order valence-electron chi connectivity index (χ2n) is 3.75. The van der Waals surface area contributed by atoms with Crippen LogP contribution in [-0.2, 0) is 0 Å².